The van der Waals surface area contributed by atoms with Crippen LogP contribution in [0, 0.1) is 0 Å². The Morgan fingerprint density at radius 1 is 1.03 bits per heavy atom. The van der Waals surface area contributed by atoms with Gasteiger partial charge in [0.15, 0.2) is 0 Å². The summed E-state index contributed by atoms with van der Waals surface area (Å²) in [4.78, 5) is 14.7. The van der Waals surface area contributed by atoms with Crippen molar-refractivity contribution in [3.63, 3.8) is 0 Å². The highest BCUT2D eigenvalue weighted by molar-refractivity contribution is 6.44. The number of quaternary nitrogens is 1. The van der Waals surface area contributed by atoms with Crippen molar-refractivity contribution in [3.05, 3.63) is 57.6 Å². The highest BCUT2D eigenvalue weighted by Crippen LogP contribution is 2.35. The number of nitrogens with zero attached hydrogens (tertiary/aromatic N) is 2. The molecule has 0 aliphatic heterocycles. The summed E-state index contributed by atoms with van der Waals surface area (Å²) >= 11 is 12.9. The molecular formula is C27H39Cl2N2O4+. The van der Waals surface area contributed by atoms with Gasteiger partial charge in [0.1, 0.15) is 35.8 Å². The molecule has 35 heavy (non-hydrogen) atoms. The number of hydrogen-bond donors (Lipinski definition) is 1. The number of aliphatic hydroxyl groups is 1. The van der Waals surface area contributed by atoms with Crippen LogP contribution in [-0.2, 0) is 6.42 Å². The van der Waals surface area contributed by atoms with Gasteiger partial charge in [-0.05, 0) is 42.7 Å². The number of carbonyl (C=O) groups excluding carboxylic acids is 1. The molecule has 1 atom stereocenters. The van der Waals surface area contributed by atoms with Crippen molar-refractivity contribution in [2.45, 2.75) is 39.2 Å². The zero-order valence-electron chi connectivity index (χ0n) is 21.5. The van der Waals surface area contributed by atoms with Crippen LogP contribution < -0.4 is 9.47 Å². The Bertz CT molecular complexity index is 945. The monoisotopic (exact) mass is 525 g/mol. The molecule has 0 aliphatic carbocycles. The molecule has 0 aliphatic rings. The van der Waals surface area contributed by atoms with Gasteiger partial charge in [-0.3, -0.25) is 4.79 Å². The summed E-state index contributed by atoms with van der Waals surface area (Å²) in [5.41, 5.74) is 1.58. The standard InChI is InChI=1S/C27H39Cl2N2O4/c1-6-15-30(16-7-2)27(33)23-12-13-24(26(29)25(23)28)35-19-21(32)18-31(3,4)17-14-20-8-10-22(34-5)11-9-20/h8-13,21,32H,6-7,14-19H2,1-5H3/q+1/t21-/m1/s1. The van der Waals surface area contributed by atoms with E-state index in [0.29, 0.717) is 35.4 Å². The Morgan fingerprint density at radius 2 is 1.66 bits per heavy atom. The number of carbonyl (C=O) groups is 1. The average molecular weight is 527 g/mol. The van der Waals surface area contributed by atoms with Crippen LogP contribution in [0.25, 0.3) is 0 Å². The Morgan fingerprint density at radius 3 is 2.23 bits per heavy atom. The van der Waals surface area contributed by atoms with Crippen molar-refractivity contribution in [2.75, 3.05) is 54.0 Å². The number of rotatable bonds is 14. The molecule has 0 saturated carbocycles. The molecule has 1 amide bonds. The topological polar surface area (TPSA) is 59.0 Å². The highest BCUT2D eigenvalue weighted by Gasteiger charge is 2.24. The van der Waals surface area contributed by atoms with Gasteiger partial charge in [-0.1, -0.05) is 49.2 Å². The summed E-state index contributed by atoms with van der Waals surface area (Å²) < 4.78 is 11.6. The third kappa shape index (κ3) is 8.87. The molecule has 0 radical (unpaired) electrons. The number of aliphatic hydroxyl groups excluding tert-OH is 1. The zero-order valence-corrected chi connectivity index (χ0v) is 23.0. The first-order valence-electron chi connectivity index (χ1n) is 12.1. The largest absolute Gasteiger partial charge is 0.497 e. The third-order valence-corrected chi connectivity index (χ3v) is 6.72. The molecule has 6 nitrogen and oxygen atoms in total. The fourth-order valence-corrected chi connectivity index (χ4v) is 4.41. The molecule has 1 N–H and O–H groups in total. The second kappa shape index (κ2) is 13.9. The van der Waals surface area contributed by atoms with Crippen LogP contribution >= 0.6 is 23.2 Å². The zero-order chi connectivity index (χ0) is 26.0. The van der Waals surface area contributed by atoms with Crippen LogP contribution in [0.4, 0.5) is 0 Å². The van der Waals surface area contributed by atoms with Gasteiger partial charge in [0.2, 0.25) is 0 Å². The maximum absolute atomic E-state index is 12.9. The van der Waals surface area contributed by atoms with E-state index in [2.05, 4.69) is 26.2 Å². The molecule has 2 rings (SSSR count). The number of halogens is 2. The molecule has 0 bridgehead atoms. The number of hydrogen-bond acceptors (Lipinski definition) is 4. The molecule has 0 saturated heterocycles. The molecule has 194 valence electrons. The van der Waals surface area contributed by atoms with E-state index in [-0.39, 0.29) is 22.6 Å². The van der Waals surface area contributed by atoms with Gasteiger partial charge < -0.3 is 24.0 Å². The van der Waals surface area contributed by atoms with Crippen LogP contribution in [0.3, 0.4) is 0 Å². The lowest BCUT2D eigenvalue weighted by atomic mass is 10.1. The minimum Gasteiger partial charge on any atom is -0.497 e. The summed E-state index contributed by atoms with van der Waals surface area (Å²) in [6.07, 6.45) is 1.92. The first kappa shape index (κ1) is 29.2. The van der Waals surface area contributed by atoms with E-state index >= 15 is 0 Å². The van der Waals surface area contributed by atoms with Crippen molar-refractivity contribution in [3.8, 4) is 11.5 Å². The van der Waals surface area contributed by atoms with Crippen molar-refractivity contribution < 1.29 is 23.9 Å². The number of benzene rings is 2. The number of likely N-dealkylation sites (N-methyl/N-ethyl adjacent to an activating group) is 1. The molecule has 2 aromatic rings. The summed E-state index contributed by atoms with van der Waals surface area (Å²) in [6.45, 7) is 6.85. The molecule has 8 heteroatoms. The van der Waals surface area contributed by atoms with Gasteiger partial charge in [-0.2, -0.15) is 0 Å². The number of amides is 1. The summed E-state index contributed by atoms with van der Waals surface area (Å²) in [7, 11) is 5.81. The second-order valence-electron chi connectivity index (χ2n) is 9.44. The second-order valence-corrected chi connectivity index (χ2v) is 10.2. The summed E-state index contributed by atoms with van der Waals surface area (Å²) in [5.74, 6) is 1.06. The lowest BCUT2D eigenvalue weighted by molar-refractivity contribution is -0.893. The SMILES string of the molecule is CCCN(CCC)C(=O)c1ccc(OC[C@H](O)C[N+](C)(C)CCc2ccc(OC)cc2)c(Cl)c1Cl. The highest BCUT2D eigenvalue weighted by atomic mass is 35.5. The third-order valence-electron chi connectivity index (χ3n) is 5.85. The Hall–Kier alpha value is -1.99. The predicted octanol–water partition coefficient (Wildman–Crippen LogP) is 5.32. The average Bonchev–Trinajstić information content (AvgIpc) is 2.83. The molecular weight excluding hydrogens is 487 g/mol. The molecule has 2 aromatic carbocycles. The number of methoxy groups -OCH3 is 1. The van der Waals surface area contributed by atoms with Gasteiger partial charge in [0.25, 0.3) is 5.91 Å². The van der Waals surface area contributed by atoms with Crippen LogP contribution in [-0.4, -0.2) is 80.5 Å². The van der Waals surface area contributed by atoms with Crippen molar-refractivity contribution >= 4 is 29.1 Å². The van der Waals surface area contributed by atoms with E-state index < -0.39 is 6.10 Å². The smallest absolute Gasteiger partial charge is 0.255 e. The first-order valence-corrected chi connectivity index (χ1v) is 12.9. The van der Waals surface area contributed by atoms with Crippen LogP contribution in [0.15, 0.2) is 36.4 Å². The van der Waals surface area contributed by atoms with Crippen molar-refractivity contribution in [2.24, 2.45) is 0 Å². The van der Waals surface area contributed by atoms with Gasteiger partial charge in [-0.15, -0.1) is 0 Å². The van der Waals surface area contributed by atoms with E-state index in [9.17, 15) is 9.90 Å². The number of ether oxygens (including phenoxy) is 2. The quantitative estimate of drug-likeness (QED) is 0.339. The maximum Gasteiger partial charge on any atom is 0.255 e. The minimum atomic E-state index is -0.693. The van der Waals surface area contributed by atoms with Gasteiger partial charge in [-0.25, -0.2) is 0 Å². The predicted molar refractivity (Wildman–Crippen MR) is 143 cm³/mol. The van der Waals surface area contributed by atoms with E-state index in [1.807, 2.05) is 26.0 Å². The van der Waals surface area contributed by atoms with Gasteiger partial charge in [0, 0.05) is 19.5 Å². The fraction of sp³-hybridized carbons (Fsp3) is 0.519. The normalized spacial score (nSPS) is 12.3. The first-order chi connectivity index (χ1) is 16.6. The van der Waals surface area contributed by atoms with Crippen LogP contribution in [0.1, 0.15) is 42.6 Å². The van der Waals surface area contributed by atoms with Gasteiger partial charge >= 0.3 is 0 Å². The Labute approximate surface area is 219 Å². The van der Waals surface area contributed by atoms with E-state index in [0.717, 1.165) is 31.6 Å². The van der Waals surface area contributed by atoms with E-state index in [1.54, 1.807) is 24.1 Å². The van der Waals surface area contributed by atoms with Crippen molar-refractivity contribution in [1.29, 1.82) is 0 Å². The van der Waals surface area contributed by atoms with Crippen molar-refractivity contribution in [1.82, 2.24) is 4.90 Å². The molecule has 0 heterocycles. The van der Waals surface area contributed by atoms with Gasteiger partial charge in [0.05, 0.1) is 38.3 Å². The molecule has 0 aromatic heterocycles. The minimum absolute atomic E-state index is 0.0748. The lowest BCUT2D eigenvalue weighted by Crippen LogP contribution is -2.48. The lowest BCUT2D eigenvalue weighted by Gasteiger charge is -2.32. The summed E-state index contributed by atoms with van der Waals surface area (Å²) in [5, 5.41) is 11.0. The maximum atomic E-state index is 12.9. The summed E-state index contributed by atoms with van der Waals surface area (Å²) in [6, 6.07) is 11.3. The molecule has 0 unspecified atom stereocenters. The molecule has 0 fully saturated rings. The van der Waals surface area contributed by atoms with E-state index in [1.165, 1.54) is 5.56 Å². The van der Waals surface area contributed by atoms with Crippen LogP contribution in [0.5, 0.6) is 11.5 Å². The Kier molecular flexibility index (Phi) is 11.6. The van der Waals surface area contributed by atoms with E-state index in [4.69, 9.17) is 32.7 Å². The van der Waals surface area contributed by atoms with Crippen LogP contribution in [0.2, 0.25) is 10.0 Å². The fourth-order valence-electron chi connectivity index (χ4n) is 3.96. The molecule has 0 spiro atoms. The Balaban J connectivity index is 1.94.